The molecule has 0 fully saturated rings. The van der Waals surface area contributed by atoms with Gasteiger partial charge in [0.15, 0.2) is 6.04 Å². The maximum Gasteiger partial charge on any atom is 0.328 e. The minimum atomic E-state index is -1.35. The topological polar surface area (TPSA) is 112 Å². The molecule has 7 heteroatoms. The molecule has 1 aromatic heterocycles. The number of carbonyl (C=O) groups is 2. The van der Waals surface area contributed by atoms with Crippen LogP contribution < -0.4 is 10.6 Å². The van der Waals surface area contributed by atoms with Crippen LogP contribution in [0.2, 0.25) is 0 Å². The van der Waals surface area contributed by atoms with E-state index in [2.05, 4.69) is 15.6 Å². The standard InChI is InChI=1S/C12H17N3O4/c1-7(9-5-3-4-6-13-9)14-12(19)15-10(8(2)16)11(17)18/h3-8,10,16H,1-2H3,(H,17,18)(H2,14,15,19)/t7?,8-,10+/m1/s1. The Labute approximate surface area is 110 Å². The number of amides is 2. The van der Waals surface area contributed by atoms with Gasteiger partial charge in [-0.1, -0.05) is 6.07 Å². The lowest BCUT2D eigenvalue weighted by atomic mass is 10.2. The van der Waals surface area contributed by atoms with Crippen molar-refractivity contribution in [2.24, 2.45) is 0 Å². The molecule has 0 radical (unpaired) electrons. The summed E-state index contributed by atoms with van der Waals surface area (Å²) in [5, 5.41) is 22.8. The van der Waals surface area contributed by atoms with E-state index in [1.807, 2.05) is 0 Å². The number of urea groups is 1. The number of hydrogen-bond donors (Lipinski definition) is 4. The number of aliphatic carboxylic acids is 1. The third-order valence-electron chi connectivity index (χ3n) is 2.51. The van der Waals surface area contributed by atoms with Gasteiger partial charge in [-0.05, 0) is 26.0 Å². The van der Waals surface area contributed by atoms with E-state index < -0.39 is 24.1 Å². The first kappa shape index (κ1) is 14.9. The Hall–Kier alpha value is -2.15. The van der Waals surface area contributed by atoms with Crippen LogP contribution >= 0.6 is 0 Å². The molecule has 0 saturated carbocycles. The normalized spacial score (nSPS) is 15.1. The van der Waals surface area contributed by atoms with Gasteiger partial charge in [-0.3, -0.25) is 4.98 Å². The second-order valence-corrected chi connectivity index (χ2v) is 4.15. The van der Waals surface area contributed by atoms with E-state index in [4.69, 9.17) is 5.11 Å². The molecule has 19 heavy (non-hydrogen) atoms. The molecule has 0 bridgehead atoms. The summed E-state index contributed by atoms with van der Waals surface area (Å²) in [5.41, 5.74) is 0.654. The predicted octanol–water partition coefficient (Wildman–Crippen LogP) is 0.276. The molecule has 4 N–H and O–H groups in total. The van der Waals surface area contributed by atoms with Crippen LogP contribution in [0.15, 0.2) is 24.4 Å². The minimum Gasteiger partial charge on any atom is -0.480 e. The van der Waals surface area contributed by atoms with Gasteiger partial charge in [0, 0.05) is 6.20 Å². The highest BCUT2D eigenvalue weighted by Crippen LogP contribution is 2.07. The van der Waals surface area contributed by atoms with Crippen molar-refractivity contribution in [1.82, 2.24) is 15.6 Å². The highest BCUT2D eigenvalue weighted by molar-refractivity contribution is 5.83. The fourth-order valence-corrected chi connectivity index (χ4v) is 1.47. The number of aromatic nitrogens is 1. The van der Waals surface area contributed by atoms with Crippen LogP contribution in [0.5, 0.6) is 0 Å². The molecular weight excluding hydrogens is 250 g/mol. The molecule has 0 aliphatic heterocycles. The smallest absolute Gasteiger partial charge is 0.328 e. The van der Waals surface area contributed by atoms with Crippen molar-refractivity contribution >= 4 is 12.0 Å². The summed E-state index contributed by atoms with van der Waals surface area (Å²) in [5.74, 6) is -1.30. The Bertz CT molecular complexity index is 436. The molecule has 7 nitrogen and oxygen atoms in total. The lowest BCUT2D eigenvalue weighted by molar-refractivity contribution is -0.141. The highest BCUT2D eigenvalue weighted by Gasteiger charge is 2.25. The van der Waals surface area contributed by atoms with Crippen molar-refractivity contribution in [1.29, 1.82) is 0 Å². The minimum absolute atomic E-state index is 0.371. The summed E-state index contributed by atoms with van der Waals surface area (Å²) in [6.45, 7) is 3.02. The monoisotopic (exact) mass is 267 g/mol. The molecule has 1 aromatic rings. The lowest BCUT2D eigenvalue weighted by Gasteiger charge is -2.19. The van der Waals surface area contributed by atoms with E-state index in [1.165, 1.54) is 6.92 Å². The van der Waals surface area contributed by atoms with Crippen molar-refractivity contribution in [2.45, 2.75) is 32.0 Å². The number of aliphatic hydroxyl groups excluding tert-OH is 1. The first-order valence-electron chi connectivity index (χ1n) is 5.80. The number of carboxylic acids is 1. The molecule has 0 aliphatic rings. The summed E-state index contributed by atoms with van der Waals surface area (Å²) in [6.07, 6.45) is 0.412. The lowest BCUT2D eigenvalue weighted by Crippen LogP contribution is -2.51. The fraction of sp³-hybridized carbons (Fsp3) is 0.417. The number of carbonyl (C=O) groups excluding carboxylic acids is 1. The zero-order chi connectivity index (χ0) is 14.4. The molecule has 1 heterocycles. The zero-order valence-electron chi connectivity index (χ0n) is 10.7. The van der Waals surface area contributed by atoms with Gasteiger partial charge in [0.25, 0.3) is 0 Å². The van der Waals surface area contributed by atoms with Crippen molar-refractivity contribution < 1.29 is 19.8 Å². The Kier molecular flexibility index (Phi) is 5.25. The molecule has 3 atom stereocenters. The van der Waals surface area contributed by atoms with Crippen molar-refractivity contribution in [3.05, 3.63) is 30.1 Å². The van der Waals surface area contributed by atoms with Crippen LogP contribution in [0.25, 0.3) is 0 Å². The van der Waals surface area contributed by atoms with Gasteiger partial charge in [0.05, 0.1) is 17.8 Å². The number of aliphatic hydroxyl groups is 1. The third-order valence-corrected chi connectivity index (χ3v) is 2.51. The Balaban J connectivity index is 2.58. The number of carboxylic acid groups (broad SMARTS) is 1. The molecule has 104 valence electrons. The van der Waals surface area contributed by atoms with Crippen LogP contribution in [0.3, 0.4) is 0 Å². The van der Waals surface area contributed by atoms with Crippen LogP contribution in [0.4, 0.5) is 4.79 Å². The maximum absolute atomic E-state index is 11.6. The number of pyridine rings is 1. The number of hydrogen-bond acceptors (Lipinski definition) is 4. The van der Waals surface area contributed by atoms with Crippen LogP contribution in [0, 0.1) is 0 Å². The van der Waals surface area contributed by atoms with Crippen molar-refractivity contribution in [2.75, 3.05) is 0 Å². The fourth-order valence-electron chi connectivity index (χ4n) is 1.47. The maximum atomic E-state index is 11.6. The quantitative estimate of drug-likeness (QED) is 0.612. The second kappa shape index (κ2) is 6.69. The second-order valence-electron chi connectivity index (χ2n) is 4.15. The molecule has 0 spiro atoms. The molecule has 0 saturated heterocycles. The summed E-state index contributed by atoms with van der Waals surface area (Å²) in [6, 6.07) is 2.89. The van der Waals surface area contributed by atoms with Gasteiger partial charge >= 0.3 is 12.0 Å². The van der Waals surface area contributed by atoms with Crippen molar-refractivity contribution in [3.8, 4) is 0 Å². The van der Waals surface area contributed by atoms with Crippen LogP contribution in [-0.4, -0.2) is 39.3 Å². The summed E-state index contributed by atoms with van der Waals surface area (Å²) in [4.78, 5) is 26.5. The van der Waals surface area contributed by atoms with E-state index in [-0.39, 0.29) is 6.04 Å². The zero-order valence-corrected chi connectivity index (χ0v) is 10.7. The first-order valence-corrected chi connectivity index (χ1v) is 5.80. The summed E-state index contributed by atoms with van der Waals surface area (Å²) >= 11 is 0. The largest absolute Gasteiger partial charge is 0.480 e. The van der Waals surface area contributed by atoms with Gasteiger partial charge in [-0.15, -0.1) is 0 Å². The van der Waals surface area contributed by atoms with Crippen molar-refractivity contribution in [3.63, 3.8) is 0 Å². The van der Waals surface area contributed by atoms with Crippen LogP contribution in [0.1, 0.15) is 25.6 Å². The first-order chi connectivity index (χ1) is 8.91. The Morgan fingerprint density at radius 1 is 1.26 bits per heavy atom. The van der Waals surface area contributed by atoms with Gasteiger partial charge < -0.3 is 20.8 Å². The third kappa shape index (κ3) is 4.55. The molecule has 1 rings (SSSR count). The van der Waals surface area contributed by atoms with Gasteiger partial charge in [0.2, 0.25) is 0 Å². The number of rotatable bonds is 5. The molecule has 1 unspecified atom stereocenters. The molecular formula is C12H17N3O4. The molecule has 0 aromatic carbocycles. The van der Waals surface area contributed by atoms with Gasteiger partial charge in [-0.2, -0.15) is 0 Å². The van der Waals surface area contributed by atoms with E-state index in [0.29, 0.717) is 5.69 Å². The summed E-state index contributed by atoms with van der Waals surface area (Å²) in [7, 11) is 0. The number of nitrogens with one attached hydrogen (secondary N) is 2. The van der Waals surface area contributed by atoms with E-state index in [1.54, 1.807) is 31.3 Å². The SMILES string of the molecule is CC(NC(=O)N[C@H](C(=O)O)[C@@H](C)O)c1ccccn1. The van der Waals surface area contributed by atoms with E-state index >= 15 is 0 Å². The Morgan fingerprint density at radius 2 is 1.95 bits per heavy atom. The van der Waals surface area contributed by atoms with E-state index in [0.717, 1.165) is 0 Å². The molecule has 0 aliphatic carbocycles. The van der Waals surface area contributed by atoms with Crippen LogP contribution in [-0.2, 0) is 4.79 Å². The Morgan fingerprint density at radius 3 is 2.42 bits per heavy atom. The highest BCUT2D eigenvalue weighted by atomic mass is 16.4. The average molecular weight is 267 g/mol. The summed E-state index contributed by atoms with van der Waals surface area (Å²) < 4.78 is 0. The van der Waals surface area contributed by atoms with Gasteiger partial charge in [0.1, 0.15) is 0 Å². The van der Waals surface area contributed by atoms with E-state index in [9.17, 15) is 14.7 Å². The van der Waals surface area contributed by atoms with Gasteiger partial charge in [-0.25, -0.2) is 9.59 Å². The average Bonchev–Trinajstić information content (AvgIpc) is 2.36. The number of nitrogens with zero attached hydrogens (tertiary/aromatic N) is 1. The predicted molar refractivity (Wildman–Crippen MR) is 67.4 cm³/mol. The molecule has 2 amide bonds.